The molecule has 1 rings (SSSR count). The van der Waals surface area contributed by atoms with Gasteiger partial charge in [-0.1, -0.05) is 0 Å². The van der Waals surface area contributed by atoms with Gasteiger partial charge >= 0.3 is 0 Å². The zero-order valence-corrected chi connectivity index (χ0v) is 5.22. The average Bonchev–Trinajstić information content (AvgIpc) is 1.88. The van der Waals surface area contributed by atoms with Crippen LogP contribution in [0, 0.1) is 0 Å². The van der Waals surface area contributed by atoms with E-state index in [1.54, 1.807) is 0 Å². The van der Waals surface area contributed by atoms with E-state index in [0.29, 0.717) is 0 Å². The fourth-order valence-corrected chi connectivity index (χ4v) is 0.712. The molecule has 4 heteroatoms. The summed E-state index contributed by atoms with van der Waals surface area (Å²) in [4.78, 5) is 0. The molecule has 0 amide bonds. The van der Waals surface area contributed by atoms with Crippen LogP contribution in [-0.2, 0) is 0 Å². The highest BCUT2D eigenvalue weighted by Crippen LogP contribution is 2.11. The summed E-state index contributed by atoms with van der Waals surface area (Å²) in [5, 5.41) is 2.65. The quantitative estimate of drug-likeness (QED) is 0.567. The molecule has 56 valence electrons. The lowest BCUT2D eigenvalue weighted by Crippen LogP contribution is -2.34. The van der Waals surface area contributed by atoms with Crippen LogP contribution in [0.4, 0.5) is 8.78 Å². The van der Waals surface area contributed by atoms with Crippen molar-refractivity contribution >= 4 is 0 Å². The van der Waals surface area contributed by atoms with Gasteiger partial charge in [-0.05, 0) is 18.4 Å². The van der Waals surface area contributed by atoms with Crippen LogP contribution in [0.25, 0.3) is 0 Å². The zero-order chi connectivity index (χ0) is 7.56. The van der Waals surface area contributed by atoms with Gasteiger partial charge in [0.05, 0.1) is 6.17 Å². The Labute approximate surface area is 57.4 Å². The molecule has 0 aromatic rings. The van der Waals surface area contributed by atoms with E-state index in [1.165, 1.54) is 18.4 Å². The van der Waals surface area contributed by atoms with E-state index in [0.717, 1.165) is 0 Å². The number of allylic oxidation sites excluding steroid dienone is 2. The van der Waals surface area contributed by atoms with Crippen molar-refractivity contribution in [1.29, 1.82) is 0 Å². The van der Waals surface area contributed by atoms with E-state index >= 15 is 0 Å². The Hall–Kier alpha value is -0.900. The molecule has 0 aromatic heterocycles. The number of alkyl halides is 2. The Morgan fingerprint density at radius 1 is 1.60 bits per heavy atom. The molecule has 0 saturated heterocycles. The molecule has 1 unspecified atom stereocenters. The summed E-state index contributed by atoms with van der Waals surface area (Å²) >= 11 is 0. The maximum atomic E-state index is 11.9. The van der Waals surface area contributed by atoms with Crippen LogP contribution in [-0.4, -0.2) is 12.6 Å². The summed E-state index contributed by atoms with van der Waals surface area (Å²) < 4.78 is 23.8. The lowest BCUT2D eigenvalue weighted by atomic mass is 10.2. The normalized spacial score (nSPS) is 24.4. The summed E-state index contributed by atoms with van der Waals surface area (Å²) in [6.45, 7) is 0. The van der Waals surface area contributed by atoms with E-state index in [-0.39, 0.29) is 5.57 Å². The van der Waals surface area contributed by atoms with Crippen molar-refractivity contribution in [2.75, 3.05) is 0 Å². The van der Waals surface area contributed by atoms with Gasteiger partial charge < -0.3 is 11.1 Å². The molecular formula is C6H8F2N2. The first kappa shape index (κ1) is 7.21. The Kier molecular flexibility index (Phi) is 2.01. The molecule has 3 N–H and O–H groups in total. The predicted octanol–water partition coefficient (Wildman–Crippen LogP) is 0.580. The number of halogens is 2. The third-order valence-corrected chi connectivity index (χ3v) is 1.19. The molecule has 0 aliphatic carbocycles. The third kappa shape index (κ3) is 1.54. The molecule has 1 atom stereocenters. The highest BCUT2D eigenvalue weighted by atomic mass is 19.3. The van der Waals surface area contributed by atoms with Gasteiger partial charge in [-0.2, -0.15) is 0 Å². The predicted molar refractivity (Wildman–Crippen MR) is 34.3 cm³/mol. The molecule has 0 fully saturated rings. The monoisotopic (exact) mass is 146 g/mol. The van der Waals surface area contributed by atoms with Crippen molar-refractivity contribution in [2.24, 2.45) is 5.73 Å². The van der Waals surface area contributed by atoms with Gasteiger partial charge in [0.15, 0.2) is 0 Å². The Morgan fingerprint density at radius 2 is 2.30 bits per heavy atom. The number of hydrogen-bond donors (Lipinski definition) is 2. The number of nitrogens with two attached hydrogens (primary N) is 1. The maximum Gasteiger partial charge on any atom is 0.263 e. The van der Waals surface area contributed by atoms with E-state index in [9.17, 15) is 8.78 Å². The largest absolute Gasteiger partial charge is 0.373 e. The van der Waals surface area contributed by atoms with Gasteiger partial charge in [0.25, 0.3) is 6.43 Å². The first-order valence-corrected chi connectivity index (χ1v) is 2.88. The van der Waals surface area contributed by atoms with Crippen molar-refractivity contribution < 1.29 is 8.78 Å². The molecular weight excluding hydrogens is 138 g/mol. The molecule has 10 heavy (non-hydrogen) atoms. The van der Waals surface area contributed by atoms with E-state index in [4.69, 9.17) is 5.73 Å². The van der Waals surface area contributed by atoms with Crippen molar-refractivity contribution in [2.45, 2.75) is 12.6 Å². The second-order valence-corrected chi connectivity index (χ2v) is 1.99. The van der Waals surface area contributed by atoms with Crippen LogP contribution < -0.4 is 11.1 Å². The minimum absolute atomic E-state index is 0.0220. The second kappa shape index (κ2) is 2.79. The topological polar surface area (TPSA) is 38.0 Å². The summed E-state index contributed by atoms with van der Waals surface area (Å²) in [5.74, 6) is 0. The first-order chi connectivity index (χ1) is 4.70. The fourth-order valence-electron chi connectivity index (χ4n) is 0.712. The summed E-state index contributed by atoms with van der Waals surface area (Å²) in [5.41, 5.74) is 5.27. The molecule has 0 aromatic carbocycles. The molecule has 0 radical (unpaired) electrons. The fraction of sp³-hybridized carbons (Fsp3) is 0.333. The van der Waals surface area contributed by atoms with Gasteiger partial charge in [-0.25, -0.2) is 8.78 Å². The second-order valence-electron chi connectivity index (χ2n) is 1.99. The van der Waals surface area contributed by atoms with Crippen LogP contribution in [0.3, 0.4) is 0 Å². The van der Waals surface area contributed by atoms with Crippen molar-refractivity contribution in [3.8, 4) is 0 Å². The van der Waals surface area contributed by atoms with Crippen molar-refractivity contribution in [3.05, 3.63) is 23.9 Å². The smallest absolute Gasteiger partial charge is 0.263 e. The number of dihydropyridines is 1. The number of nitrogens with one attached hydrogen (secondary N) is 1. The van der Waals surface area contributed by atoms with Crippen LogP contribution in [0.5, 0.6) is 0 Å². The lowest BCUT2D eigenvalue weighted by molar-refractivity contribution is 0.192. The van der Waals surface area contributed by atoms with Gasteiger partial charge in [-0.15, -0.1) is 0 Å². The highest BCUT2D eigenvalue weighted by molar-refractivity contribution is 5.25. The summed E-state index contributed by atoms with van der Waals surface area (Å²) in [6, 6.07) is 0. The van der Waals surface area contributed by atoms with Gasteiger partial charge in [0.1, 0.15) is 0 Å². The van der Waals surface area contributed by atoms with E-state index < -0.39 is 12.6 Å². The molecule has 0 saturated carbocycles. The van der Waals surface area contributed by atoms with Gasteiger partial charge in [0, 0.05) is 5.57 Å². The summed E-state index contributed by atoms with van der Waals surface area (Å²) in [6.07, 6.45) is 1.13. The first-order valence-electron chi connectivity index (χ1n) is 2.88. The van der Waals surface area contributed by atoms with Crippen molar-refractivity contribution in [1.82, 2.24) is 5.32 Å². The Morgan fingerprint density at radius 3 is 2.70 bits per heavy atom. The number of rotatable bonds is 1. The minimum atomic E-state index is -2.43. The number of hydrogen-bond acceptors (Lipinski definition) is 2. The van der Waals surface area contributed by atoms with Crippen LogP contribution in [0.2, 0.25) is 0 Å². The van der Waals surface area contributed by atoms with Gasteiger partial charge in [-0.3, -0.25) is 0 Å². The Bertz CT molecular complexity index is 175. The lowest BCUT2D eigenvalue weighted by Gasteiger charge is -2.13. The minimum Gasteiger partial charge on any atom is -0.373 e. The Balaban J connectivity index is 2.66. The van der Waals surface area contributed by atoms with Crippen LogP contribution >= 0.6 is 0 Å². The molecule has 0 spiro atoms. The van der Waals surface area contributed by atoms with Crippen molar-refractivity contribution in [3.63, 3.8) is 0 Å². The molecule has 2 nitrogen and oxygen atoms in total. The third-order valence-electron chi connectivity index (χ3n) is 1.19. The molecule has 1 aliphatic heterocycles. The molecule has 1 aliphatic rings. The van der Waals surface area contributed by atoms with Crippen LogP contribution in [0.15, 0.2) is 23.9 Å². The van der Waals surface area contributed by atoms with E-state index in [1.807, 2.05) is 0 Å². The maximum absolute atomic E-state index is 11.9. The molecule has 1 heterocycles. The zero-order valence-electron chi connectivity index (χ0n) is 5.22. The summed E-state index contributed by atoms with van der Waals surface area (Å²) in [7, 11) is 0. The molecule has 0 bridgehead atoms. The standard InChI is InChI=1S/C6H8F2N2/c7-6(8)4-1-2-10-5(9)3-4/h1-3,5-6,10H,9H2. The van der Waals surface area contributed by atoms with E-state index in [2.05, 4.69) is 5.32 Å². The average molecular weight is 146 g/mol. The van der Waals surface area contributed by atoms with Gasteiger partial charge in [0.2, 0.25) is 0 Å². The highest BCUT2D eigenvalue weighted by Gasteiger charge is 2.11. The van der Waals surface area contributed by atoms with Crippen LogP contribution in [0.1, 0.15) is 0 Å². The SMILES string of the molecule is NC1C=C(C(F)F)C=CN1.